The molecule has 0 aliphatic carbocycles. The van der Waals surface area contributed by atoms with Gasteiger partial charge in [0, 0.05) is 24.2 Å². The van der Waals surface area contributed by atoms with Gasteiger partial charge in [0.2, 0.25) is 0 Å². The van der Waals surface area contributed by atoms with Crippen LogP contribution in [0.4, 0.5) is 5.69 Å². The van der Waals surface area contributed by atoms with E-state index in [0.29, 0.717) is 16.5 Å². The van der Waals surface area contributed by atoms with Gasteiger partial charge in [-0.25, -0.2) is 0 Å². The molecular weight excluding hydrogens is 240 g/mol. The molecule has 94 valence electrons. The predicted octanol–water partition coefficient (Wildman–Crippen LogP) is 2.17. The first-order valence-corrected chi connectivity index (χ1v) is 5.73. The number of benzene rings is 1. The fraction of sp³-hybridized carbons (Fsp3) is 0.417. The lowest BCUT2D eigenvalue weighted by molar-refractivity contribution is -0.133. The van der Waals surface area contributed by atoms with Crippen molar-refractivity contribution in [2.45, 2.75) is 19.9 Å². The second-order valence-electron chi connectivity index (χ2n) is 4.07. The molecule has 0 radical (unpaired) electrons. The lowest BCUT2D eigenvalue weighted by atomic mass is 10.3. The van der Waals surface area contributed by atoms with Crippen LogP contribution in [-0.2, 0) is 4.79 Å². The number of hydrogen-bond donors (Lipinski definition) is 1. The van der Waals surface area contributed by atoms with Crippen molar-refractivity contribution in [2.75, 3.05) is 19.4 Å². The van der Waals surface area contributed by atoms with Crippen LogP contribution in [0.25, 0.3) is 0 Å². The van der Waals surface area contributed by atoms with Crippen LogP contribution in [0.5, 0.6) is 5.75 Å². The zero-order valence-corrected chi connectivity index (χ0v) is 11.0. The molecule has 1 rings (SSSR count). The minimum Gasteiger partial charge on any atom is -0.482 e. The van der Waals surface area contributed by atoms with Crippen molar-refractivity contribution in [3.63, 3.8) is 0 Å². The zero-order valence-electron chi connectivity index (χ0n) is 10.2. The van der Waals surface area contributed by atoms with Gasteiger partial charge in [-0.1, -0.05) is 11.6 Å². The Hall–Kier alpha value is -1.42. The summed E-state index contributed by atoms with van der Waals surface area (Å²) in [7, 11) is 1.73. The Labute approximate surface area is 106 Å². The summed E-state index contributed by atoms with van der Waals surface area (Å²) in [6, 6.07) is 5.06. The standard InChI is InChI=1S/C12H17ClN2O2/c1-8(2)15(3)12(16)7-17-11-6-9(13)4-5-10(11)14/h4-6,8H,7,14H2,1-3H3. The van der Waals surface area contributed by atoms with Gasteiger partial charge < -0.3 is 15.4 Å². The van der Waals surface area contributed by atoms with Crippen LogP contribution in [0, 0.1) is 0 Å². The van der Waals surface area contributed by atoms with Crippen molar-refractivity contribution < 1.29 is 9.53 Å². The molecule has 0 saturated carbocycles. The molecule has 5 heteroatoms. The van der Waals surface area contributed by atoms with Crippen molar-refractivity contribution in [1.82, 2.24) is 4.90 Å². The maximum atomic E-state index is 11.7. The van der Waals surface area contributed by atoms with E-state index in [0.717, 1.165) is 0 Å². The molecule has 0 aromatic heterocycles. The van der Waals surface area contributed by atoms with E-state index in [1.54, 1.807) is 30.1 Å². The van der Waals surface area contributed by atoms with Crippen LogP contribution < -0.4 is 10.5 Å². The summed E-state index contributed by atoms with van der Waals surface area (Å²) in [4.78, 5) is 13.3. The van der Waals surface area contributed by atoms with E-state index in [2.05, 4.69) is 0 Å². The molecular formula is C12H17ClN2O2. The van der Waals surface area contributed by atoms with Gasteiger partial charge in [0.1, 0.15) is 5.75 Å². The monoisotopic (exact) mass is 256 g/mol. The predicted molar refractivity (Wildman–Crippen MR) is 69.3 cm³/mol. The summed E-state index contributed by atoms with van der Waals surface area (Å²) < 4.78 is 5.35. The van der Waals surface area contributed by atoms with E-state index in [4.69, 9.17) is 22.1 Å². The van der Waals surface area contributed by atoms with E-state index in [9.17, 15) is 4.79 Å². The van der Waals surface area contributed by atoms with Crippen molar-refractivity contribution >= 4 is 23.2 Å². The van der Waals surface area contributed by atoms with Crippen LogP contribution >= 0.6 is 11.6 Å². The van der Waals surface area contributed by atoms with Crippen LogP contribution in [0.1, 0.15) is 13.8 Å². The Morgan fingerprint density at radius 3 is 2.76 bits per heavy atom. The zero-order chi connectivity index (χ0) is 13.0. The van der Waals surface area contributed by atoms with Crippen molar-refractivity contribution in [2.24, 2.45) is 0 Å². The molecule has 1 aromatic rings. The summed E-state index contributed by atoms with van der Waals surface area (Å²) in [5.41, 5.74) is 6.17. The highest BCUT2D eigenvalue weighted by Crippen LogP contribution is 2.25. The molecule has 4 nitrogen and oxygen atoms in total. The van der Waals surface area contributed by atoms with Gasteiger partial charge in [-0.3, -0.25) is 4.79 Å². The third kappa shape index (κ3) is 3.82. The van der Waals surface area contributed by atoms with Gasteiger partial charge >= 0.3 is 0 Å². The van der Waals surface area contributed by atoms with E-state index in [1.807, 2.05) is 13.8 Å². The molecule has 2 N–H and O–H groups in total. The number of nitrogens with two attached hydrogens (primary N) is 1. The van der Waals surface area contributed by atoms with Crippen molar-refractivity contribution in [3.8, 4) is 5.75 Å². The van der Waals surface area contributed by atoms with E-state index in [1.165, 1.54) is 0 Å². The number of ether oxygens (including phenoxy) is 1. The molecule has 0 spiro atoms. The van der Waals surface area contributed by atoms with Gasteiger partial charge in [0.05, 0.1) is 5.69 Å². The van der Waals surface area contributed by atoms with Gasteiger partial charge in [-0.2, -0.15) is 0 Å². The quantitative estimate of drug-likeness (QED) is 0.840. The Morgan fingerprint density at radius 2 is 2.18 bits per heavy atom. The fourth-order valence-electron chi connectivity index (χ4n) is 1.16. The number of rotatable bonds is 4. The first kappa shape index (κ1) is 13.6. The molecule has 1 amide bonds. The molecule has 0 bridgehead atoms. The highest BCUT2D eigenvalue weighted by atomic mass is 35.5. The number of likely N-dealkylation sites (N-methyl/N-ethyl adjacent to an activating group) is 1. The molecule has 0 heterocycles. The third-order valence-electron chi connectivity index (χ3n) is 2.49. The average molecular weight is 257 g/mol. The molecule has 1 aromatic carbocycles. The van der Waals surface area contributed by atoms with Crippen LogP contribution in [0.15, 0.2) is 18.2 Å². The maximum absolute atomic E-state index is 11.7. The lowest BCUT2D eigenvalue weighted by Crippen LogP contribution is -2.36. The number of nitrogens with zero attached hydrogens (tertiary/aromatic N) is 1. The van der Waals surface area contributed by atoms with Gasteiger partial charge in [-0.05, 0) is 26.0 Å². The SMILES string of the molecule is CC(C)N(C)C(=O)COc1cc(Cl)ccc1N. The molecule has 17 heavy (non-hydrogen) atoms. The minimum absolute atomic E-state index is 0.0424. The van der Waals surface area contributed by atoms with E-state index in [-0.39, 0.29) is 18.6 Å². The Balaban J connectivity index is 2.61. The number of nitrogen functional groups attached to an aromatic ring is 1. The van der Waals surface area contributed by atoms with Gasteiger partial charge in [0.15, 0.2) is 6.61 Å². The number of carbonyl (C=O) groups excluding carboxylic acids is 1. The summed E-state index contributed by atoms with van der Waals surface area (Å²) >= 11 is 5.81. The Morgan fingerprint density at radius 1 is 1.53 bits per heavy atom. The largest absolute Gasteiger partial charge is 0.482 e. The molecule has 0 atom stereocenters. The molecule has 0 unspecified atom stereocenters. The van der Waals surface area contributed by atoms with Crippen LogP contribution in [-0.4, -0.2) is 30.5 Å². The summed E-state index contributed by atoms with van der Waals surface area (Å²) in [6.45, 7) is 3.83. The summed E-state index contributed by atoms with van der Waals surface area (Å²) in [5.74, 6) is 0.336. The fourth-order valence-corrected chi connectivity index (χ4v) is 1.32. The average Bonchev–Trinajstić information content (AvgIpc) is 2.28. The number of carbonyl (C=O) groups is 1. The van der Waals surface area contributed by atoms with Crippen LogP contribution in [0.2, 0.25) is 5.02 Å². The maximum Gasteiger partial charge on any atom is 0.260 e. The Kier molecular flexibility index (Phi) is 4.63. The number of halogens is 1. The smallest absolute Gasteiger partial charge is 0.260 e. The normalized spacial score (nSPS) is 10.4. The van der Waals surface area contributed by atoms with E-state index >= 15 is 0 Å². The highest BCUT2D eigenvalue weighted by molar-refractivity contribution is 6.30. The molecule has 0 aliphatic heterocycles. The summed E-state index contributed by atoms with van der Waals surface area (Å²) in [6.07, 6.45) is 0. The number of anilines is 1. The number of hydrogen-bond acceptors (Lipinski definition) is 3. The third-order valence-corrected chi connectivity index (χ3v) is 2.73. The van der Waals surface area contributed by atoms with Crippen molar-refractivity contribution in [1.29, 1.82) is 0 Å². The van der Waals surface area contributed by atoms with Gasteiger partial charge in [-0.15, -0.1) is 0 Å². The summed E-state index contributed by atoms with van der Waals surface area (Å²) in [5, 5.41) is 0.527. The first-order valence-electron chi connectivity index (χ1n) is 5.35. The van der Waals surface area contributed by atoms with Crippen molar-refractivity contribution in [3.05, 3.63) is 23.2 Å². The topological polar surface area (TPSA) is 55.6 Å². The van der Waals surface area contributed by atoms with Crippen LogP contribution in [0.3, 0.4) is 0 Å². The molecule has 0 saturated heterocycles. The first-order chi connectivity index (χ1) is 7.91. The minimum atomic E-state index is -0.0978. The molecule has 0 fully saturated rings. The van der Waals surface area contributed by atoms with E-state index < -0.39 is 0 Å². The lowest BCUT2D eigenvalue weighted by Gasteiger charge is -2.21. The second kappa shape index (κ2) is 5.77. The highest BCUT2D eigenvalue weighted by Gasteiger charge is 2.13. The number of amides is 1. The Bertz CT molecular complexity index is 407. The molecule has 0 aliphatic rings. The van der Waals surface area contributed by atoms with Gasteiger partial charge in [0.25, 0.3) is 5.91 Å². The second-order valence-corrected chi connectivity index (χ2v) is 4.51.